The molecule has 1 N–H and O–H groups in total. The van der Waals surface area contributed by atoms with Gasteiger partial charge in [-0.3, -0.25) is 9.59 Å². The summed E-state index contributed by atoms with van der Waals surface area (Å²) in [5, 5.41) is 2.61. The van der Waals surface area contributed by atoms with Crippen molar-refractivity contribution in [2.75, 3.05) is 20.2 Å². The Bertz CT molecular complexity index is 652. The van der Waals surface area contributed by atoms with Crippen LogP contribution in [0.3, 0.4) is 0 Å². The number of likely N-dealkylation sites (N-methyl/N-ethyl adjacent to an activating group) is 1. The number of rotatable bonds is 6. The number of ether oxygens (including phenoxy) is 2. The number of carbonyl (C=O) groups is 3. The second-order valence-electron chi connectivity index (χ2n) is 6.94. The molecular weight excluding hydrogens is 336 g/mol. The highest BCUT2D eigenvalue weighted by Crippen LogP contribution is 2.20. The van der Waals surface area contributed by atoms with Crippen molar-refractivity contribution in [1.29, 1.82) is 0 Å². The van der Waals surface area contributed by atoms with Crippen LogP contribution in [0, 0.1) is 6.92 Å². The van der Waals surface area contributed by atoms with Gasteiger partial charge in [0.05, 0.1) is 6.61 Å². The van der Waals surface area contributed by atoms with E-state index in [4.69, 9.17) is 9.47 Å². The average molecular weight is 364 g/mol. The Morgan fingerprint density at radius 1 is 1.19 bits per heavy atom. The minimum atomic E-state index is -0.967. The average Bonchev–Trinajstić information content (AvgIpc) is 2.51. The van der Waals surface area contributed by atoms with Crippen LogP contribution in [0.4, 0.5) is 4.79 Å². The number of hydrogen-bond acceptors (Lipinski definition) is 5. The van der Waals surface area contributed by atoms with Crippen LogP contribution in [0.25, 0.3) is 0 Å². The molecular formula is C19H28N2O5. The number of carbonyl (C=O) groups excluding carboxylic acids is 3. The maximum absolute atomic E-state index is 12.9. The predicted molar refractivity (Wildman–Crippen MR) is 97.6 cm³/mol. The third kappa shape index (κ3) is 6.74. The van der Waals surface area contributed by atoms with Crippen LogP contribution in [-0.2, 0) is 19.1 Å². The molecule has 144 valence electrons. The molecule has 0 aliphatic rings. The Hall–Kier alpha value is -2.57. The monoisotopic (exact) mass is 364 g/mol. The van der Waals surface area contributed by atoms with E-state index in [1.807, 2.05) is 19.1 Å². The number of nitrogens with one attached hydrogen (secondary N) is 1. The van der Waals surface area contributed by atoms with E-state index in [2.05, 4.69) is 5.32 Å². The van der Waals surface area contributed by atoms with Gasteiger partial charge in [-0.25, -0.2) is 4.79 Å². The Labute approximate surface area is 154 Å². The summed E-state index contributed by atoms with van der Waals surface area (Å²) in [7, 11) is 1.49. The third-order valence-electron chi connectivity index (χ3n) is 3.46. The van der Waals surface area contributed by atoms with Gasteiger partial charge in [0.1, 0.15) is 18.2 Å². The molecule has 0 aliphatic heterocycles. The fourth-order valence-electron chi connectivity index (χ4n) is 2.31. The maximum atomic E-state index is 12.9. The van der Waals surface area contributed by atoms with Crippen LogP contribution in [0.2, 0.25) is 0 Å². The molecule has 0 saturated carbocycles. The summed E-state index contributed by atoms with van der Waals surface area (Å²) in [6, 6.07) is 6.26. The van der Waals surface area contributed by atoms with Gasteiger partial charge >= 0.3 is 12.1 Å². The molecule has 2 amide bonds. The molecule has 0 fully saturated rings. The molecule has 0 heterocycles. The lowest BCUT2D eigenvalue weighted by molar-refractivity contribution is -0.148. The molecule has 0 radical (unpaired) electrons. The van der Waals surface area contributed by atoms with Crippen molar-refractivity contribution in [3.8, 4) is 0 Å². The molecule has 1 aromatic carbocycles. The highest BCUT2D eigenvalue weighted by atomic mass is 16.6. The second kappa shape index (κ2) is 9.22. The summed E-state index contributed by atoms with van der Waals surface area (Å²) in [6.07, 6.45) is -0.705. The normalized spacial score (nSPS) is 12.1. The summed E-state index contributed by atoms with van der Waals surface area (Å²) in [5.41, 5.74) is 0.783. The molecule has 1 rings (SSSR count). The number of esters is 1. The lowest BCUT2D eigenvalue weighted by Gasteiger charge is -2.27. The van der Waals surface area contributed by atoms with E-state index in [1.165, 1.54) is 11.9 Å². The van der Waals surface area contributed by atoms with E-state index in [0.29, 0.717) is 5.56 Å². The van der Waals surface area contributed by atoms with Crippen molar-refractivity contribution in [3.63, 3.8) is 0 Å². The quantitative estimate of drug-likeness (QED) is 0.784. The van der Waals surface area contributed by atoms with Crippen molar-refractivity contribution in [3.05, 3.63) is 35.4 Å². The van der Waals surface area contributed by atoms with Gasteiger partial charge < -0.3 is 19.7 Å². The Morgan fingerprint density at radius 3 is 2.35 bits per heavy atom. The number of nitrogens with zero attached hydrogens (tertiary/aromatic N) is 1. The van der Waals surface area contributed by atoms with Crippen molar-refractivity contribution >= 4 is 18.0 Å². The summed E-state index contributed by atoms with van der Waals surface area (Å²) >= 11 is 0. The van der Waals surface area contributed by atoms with Crippen molar-refractivity contribution < 1.29 is 23.9 Å². The molecule has 7 heteroatoms. The molecule has 0 bridgehead atoms. The van der Waals surface area contributed by atoms with Gasteiger partial charge in [0.2, 0.25) is 5.91 Å². The lowest BCUT2D eigenvalue weighted by Crippen LogP contribution is -2.45. The predicted octanol–water partition coefficient (Wildman–Crippen LogP) is 2.58. The summed E-state index contributed by atoms with van der Waals surface area (Å²) in [6.45, 7) is 8.79. The summed E-state index contributed by atoms with van der Waals surface area (Å²) in [4.78, 5) is 38.0. The van der Waals surface area contributed by atoms with Crippen molar-refractivity contribution in [2.24, 2.45) is 0 Å². The van der Waals surface area contributed by atoms with Gasteiger partial charge in [0, 0.05) is 7.05 Å². The Morgan fingerprint density at radius 2 is 1.81 bits per heavy atom. The number of hydrogen-bond donors (Lipinski definition) is 1. The molecule has 0 unspecified atom stereocenters. The van der Waals surface area contributed by atoms with Gasteiger partial charge in [0.25, 0.3) is 0 Å². The standard InChI is InChI=1S/C19H28N2O5/c1-7-25-15(22)12-21(6)17(23)16(14-11-9-8-10-13(14)2)20-18(24)26-19(3,4)5/h8-11,16H,7,12H2,1-6H3,(H,20,24)/t16-/m1/s1. The lowest BCUT2D eigenvalue weighted by atomic mass is 10.0. The van der Waals surface area contributed by atoms with Crippen molar-refractivity contribution in [1.82, 2.24) is 10.2 Å². The number of aryl methyl sites for hydroxylation is 1. The smallest absolute Gasteiger partial charge is 0.408 e. The zero-order chi connectivity index (χ0) is 19.9. The number of amides is 2. The molecule has 1 atom stereocenters. The number of alkyl carbamates (subject to hydrolysis) is 1. The largest absolute Gasteiger partial charge is 0.465 e. The van der Waals surface area contributed by atoms with E-state index in [0.717, 1.165) is 5.56 Å². The van der Waals surface area contributed by atoms with Gasteiger partial charge in [-0.2, -0.15) is 0 Å². The van der Waals surface area contributed by atoms with E-state index in [1.54, 1.807) is 39.8 Å². The first kappa shape index (κ1) is 21.5. The SMILES string of the molecule is CCOC(=O)CN(C)C(=O)[C@H](NC(=O)OC(C)(C)C)c1ccccc1C. The van der Waals surface area contributed by atoms with Crippen LogP contribution in [0.1, 0.15) is 44.9 Å². The fraction of sp³-hybridized carbons (Fsp3) is 0.526. The zero-order valence-corrected chi connectivity index (χ0v) is 16.3. The zero-order valence-electron chi connectivity index (χ0n) is 16.3. The van der Waals surface area contributed by atoms with Crippen LogP contribution >= 0.6 is 0 Å². The summed E-state index contributed by atoms with van der Waals surface area (Å²) in [5.74, 6) is -0.942. The molecule has 26 heavy (non-hydrogen) atoms. The molecule has 0 aromatic heterocycles. The van der Waals surface area contributed by atoms with Gasteiger partial charge in [0.15, 0.2) is 0 Å². The molecule has 7 nitrogen and oxygen atoms in total. The minimum absolute atomic E-state index is 0.203. The first-order valence-electron chi connectivity index (χ1n) is 8.50. The Balaban J connectivity index is 3.04. The van der Waals surface area contributed by atoms with E-state index in [-0.39, 0.29) is 13.2 Å². The molecule has 1 aromatic rings. The topological polar surface area (TPSA) is 84.9 Å². The van der Waals surface area contributed by atoms with Crippen LogP contribution < -0.4 is 5.32 Å². The molecule has 0 spiro atoms. The third-order valence-corrected chi connectivity index (χ3v) is 3.46. The molecule has 0 saturated heterocycles. The van der Waals surface area contributed by atoms with E-state index in [9.17, 15) is 14.4 Å². The van der Waals surface area contributed by atoms with Gasteiger partial charge in [-0.05, 0) is 45.7 Å². The van der Waals surface area contributed by atoms with Gasteiger partial charge in [-0.1, -0.05) is 24.3 Å². The van der Waals surface area contributed by atoms with E-state index < -0.39 is 29.6 Å². The first-order chi connectivity index (χ1) is 12.0. The minimum Gasteiger partial charge on any atom is -0.465 e. The van der Waals surface area contributed by atoms with E-state index >= 15 is 0 Å². The second-order valence-corrected chi connectivity index (χ2v) is 6.94. The Kier molecular flexibility index (Phi) is 7.61. The van der Waals surface area contributed by atoms with Crippen LogP contribution in [0.5, 0.6) is 0 Å². The van der Waals surface area contributed by atoms with Crippen LogP contribution in [-0.4, -0.2) is 48.7 Å². The maximum Gasteiger partial charge on any atom is 0.408 e. The highest BCUT2D eigenvalue weighted by Gasteiger charge is 2.29. The highest BCUT2D eigenvalue weighted by molar-refractivity contribution is 5.89. The van der Waals surface area contributed by atoms with Crippen LogP contribution in [0.15, 0.2) is 24.3 Å². The van der Waals surface area contributed by atoms with Gasteiger partial charge in [-0.15, -0.1) is 0 Å². The number of benzene rings is 1. The summed E-state index contributed by atoms with van der Waals surface area (Å²) < 4.78 is 10.1. The first-order valence-corrected chi connectivity index (χ1v) is 8.50. The molecule has 0 aliphatic carbocycles. The van der Waals surface area contributed by atoms with Crippen molar-refractivity contribution in [2.45, 2.75) is 46.3 Å². The fourth-order valence-corrected chi connectivity index (χ4v) is 2.31.